The zero-order valence-electron chi connectivity index (χ0n) is 24.8. The maximum absolute atomic E-state index is 7.49. The number of pyridine rings is 1. The van der Waals surface area contributed by atoms with Crippen LogP contribution in [-0.2, 0) is 18.9 Å². The highest BCUT2D eigenvalue weighted by atomic mass is 16.5. The molecule has 220 valence electrons. The monoisotopic (exact) mass is 558 g/mol. The predicted octanol–water partition coefficient (Wildman–Crippen LogP) is 6.11. The van der Waals surface area contributed by atoms with E-state index in [-0.39, 0.29) is 16.6 Å². The lowest BCUT2D eigenvalue weighted by molar-refractivity contribution is -0.136. The first kappa shape index (κ1) is 27.7. The first-order valence-electron chi connectivity index (χ1n) is 15.9. The van der Waals surface area contributed by atoms with Crippen LogP contribution in [0, 0.1) is 11.3 Å². The SMILES string of the molecule is COCCOCCOCCN[C@@H]1CCC2=CC3=CCC4(C)C(c5ccc6ccncc6c5)CC[C@H]4[C@@]34CC[C@]2(C1)O4. The Morgan fingerprint density at radius 3 is 2.78 bits per heavy atom. The zero-order chi connectivity index (χ0) is 27.9. The molecule has 41 heavy (non-hydrogen) atoms. The highest BCUT2D eigenvalue weighted by Crippen LogP contribution is 2.69. The fourth-order valence-electron chi connectivity index (χ4n) is 9.25. The molecule has 1 aromatic carbocycles. The van der Waals surface area contributed by atoms with Gasteiger partial charge >= 0.3 is 0 Å². The van der Waals surface area contributed by atoms with Crippen LogP contribution in [0.4, 0.5) is 0 Å². The fraction of sp³-hybridized carbons (Fsp3) is 0.629. The number of rotatable bonds is 11. The van der Waals surface area contributed by atoms with Crippen molar-refractivity contribution < 1.29 is 18.9 Å². The van der Waals surface area contributed by atoms with Crippen molar-refractivity contribution >= 4 is 10.8 Å². The lowest BCUT2D eigenvalue weighted by Crippen LogP contribution is -2.55. The summed E-state index contributed by atoms with van der Waals surface area (Å²) in [5.41, 5.74) is 4.55. The molecular formula is C35H46N2O4. The topological polar surface area (TPSA) is 61.8 Å². The third-order valence-corrected chi connectivity index (χ3v) is 11.2. The fourth-order valence-corrected chi connectivity index (χ4v) is 9.25. The number of hydrogen-bond donors (Lipinski definition) is 1. The van der Waals surface area contributed by atoms with Crippen molar-refractivity contribution in [3.05, 3.63) is 65.5 Å². The van der Waals surface area contributed by atoms with Crippen LogP contribution in [0.3, 0.4) is 0 Å². The molecule has 6 heteroatoms. The molecule has 2 unspecified atom stereocenters. The first-order chi connectivity index (χ1) is 20.1. The second-order valence-corrected chi connectivity index (χ2v) is 13.3. The van der Waals surface area contributed by atoms with E-state index < -0.39 is 0 Å². The summed E-state index contributed by atoms with van der Waals surface area (Å²) in [6.45, 7) is 6.65. The van der Waals surface area contributed by atoms with Crippen LogP contribution in [0.5, 0.6) is 0 Å². The molecule has 2 bridgehead atoms. The van der Waals surface area contributed by atoms with E-state index in [0.29, 0.717) is 50.9 Å². The van der Waals surface area contributed by atoms with Gasteiger partial charge in [-0.1, -0.05) is 31.2 Å². The summed E-state index contributed by atoms with van der Waals surface area (Å²) in [4.78, 5) is 4.39. The summed E-state index contributed by atoms with van der Waals surface area (Å²) in [6.07, 6.45) is 18.4. The molecule has 0 radical (unpaired) electrons. The van der Waals surface area contributed by atoms with Gasteiger partial charge in [0.05, 0.1) is 44.2 Å². The number of hydrogen-bond acceptors (Lipinski definition) is 6. The Bertz CT molecular complexity index is 1320. The molecule has 6 nitrogen and oxygen atoms in total. The smallest absolute Gasteiger partial charge is 0.0974 e. The third-order valence-electron chi connectivity index (χ3n) is 11.2. The van der Waals surface area contributed by atoms with Gasteiger partial charge in [0.1, 0.15) is 0 Å². The minimum Gasteiger partial charge on any atom is -0.382 e. The summed E-state index contributed by atoms with van der Waals surface area (Å²) in [5, 5.41) is 6.33. The molecule has 1 saturated heterocycles. The van der Waals surface area contributed by atoms with Crippen molar-refractivity contribution in [3.8, 4) is 0 Å². The van der Waals surface area contributed by atoms with E-state index in [1.807, 2.05) is 12.4 Å². The molecule has 1 aromatic heterocycles. The van der Waals surface area contributed by atoms with Gasteiger partial charge in [-0.05, 0) is 103 Å². The van der Waals surface area contributed by atoms with Crippen LogP contribution < -0.4 is 5.32 Å². The van der Waals surface area contributed by atoms with Gasteiger partial charge in [-0.3, -0.25) is 4.98 Å². The first-order valence-corrected chi connectivity index (χ1v) is 15.9. The summed E-state index contributed by atoms with van der Waals surface area (Å²) < 4.78 is 23.8. The Balaban J connectivity index is 1.02. The van der Waals surface area contributed by atoms with Crippen molar-refractivity contribution in [1.29, 1.82) is 0 Å². The Morgan fingerprint density at radius 1 is 1.00 bits per heavy atom. The second kappa shape index (κ2) is 11.2. The standard InChI is InChI=1S/C35H46N2O4/c1-33-11-9-29-22-28-5-6-30(37-15-16-39-19-20-40-18-17-38-2)23-34(28)12-13-35(29,41-34)32(33)8-7-31(33)26-4-3-25-10-14-36-24-27(25)21-26/h3-4,9-10,14,21-22,24,30-32,37H,5-8,11-13,15-20,23H2,1-2H3/t30-,31?,32-,33?,34-,35-/m1/s1. The number of aromatic nitrogens is 1. The Kier molecular flexibility index (Phi) is 7.57. The maximum Gasteiger partial charge on any atom is 0.0974 e. The minimum atomic E-state index is -0.114. The molecule has 7 rings (SSSR count). The van der Waals surface area contributed by atoms with E-state index in [1.165, 1.54) is 41.2 Å². The second-order valence-electron chi connectivity index (χ2n) is 13.3. The summed E-state index contributed by atoms with van der Waals surface area (Å²) in [5.74, 6) is 1.12. The lowest BCUT2D eigenvalue weighted by Gasteiger charge is -2.54. The van der Waals surface area contributed by atoms with Crippen LogP contribution in [0.2, 0.25) is 0 Å². The molecule has 3 heterocycles. The predicted molar refractivity (Wildman–Crippen MR) is 161 cm³/mol. The molecule has 2 aliphatic heterocycles. The van der Waals surface area contributed by atoms with Gasteiger partial charge in [-0.15, -0.1) is 0 Å². The van der Waals surface area contributed by atoms with Gasteiger partial charge in [0.15, 0.2) is 0 Å². The van der Waals surface area contributed by atoms with Crippen LogP contribution in [-0.4, -0.2) is 68.9 Å². The molecule has 3 aliphatic carbocycles. The Hall–Kier alpha value is -2.09. The van der Waals surface area contributed by atoms with Gasteiger partial charge in [-0.25, -0.2) is 0 Å². The normalized spacial score (nSPS) is 35.5. The van der Waals surface area contributed by atoms with E-state index in [9.17, 15) is 0 Å². The highest BCUT2D eigenvalue weighted by Gasteiger charge is 2.66. The largest absolute Gasteiger partial charge is 0.382 e. The molecule has 0 amide bonds. The molecule has 6 atom stereocenters. The average Bonchev–Trinajstić information content (AvgIpc) is 3.51. The van der Waals surface area contributed by atoms with Crippen LogP contribution in [0.25, 0.3) is 10.8 Å². The average molecular weight is 559 g/mol. The van der Waals surface area contributed by atoms with Crippen molar-refractivity contribution in [2.75, 3.05) is 46.7 Å². The van der Waals surface area contributed by atoms with E-state index in [4.69, 9.17) is 18.9 Å². The number of fused-ring (bicyclic) bond motifs is 2. The highest BCUT2D eigenvalue weighted by molar-refractivity contribution is 5.82. The van der Waals surface area contributed by atoms with Crippen molar-refractivity contribution in [2.45, 2.75) is 81.5 Å². The number of ether oxygens (including phenoxy) is 4. The molecular weight excluding hydrogens is 512 g/mol. The Labute approximate surface area is 244 Å². The van der Waals surface area contributed by atoms with Gasteiger partial charge in [0.2, 0.25) is 0 Å². The van der Waals surface area contributed by atoms with Crippen molar-refractivity contribution in [1.82, 2.24) is 10.3 Å². The van der Waals surface area contributed by atoms with Gasteiger partial charge in [0, 0.05) is 37.5 Å². The number of methoxy groups -OCH3 is 1. The number of allylic oxidation sites excluding steroid dienone is 1. The van der Waals surface area contributed by atoms with Gasteiger partial charge in [-0.2, -0.15) is 0 Å². The summed E-state index contributed by atoms with van der Waals surface area (Å²) in [6, 6.07) is 9.67. The lowest BCUT2D eigenvalue weighted by atomic mass is 9.58. The molecule has 1 N–H and O–H groups in total. The molecule has 5 aliphatic rings. The number of nitrogens with one attached hydrogen (secondary N) is 1. The van der Waals surface area contributed by atoms with E-state index in [0.717, 1.165) is 38.6 Å². The summed E-state index contributed by atoms with van der Waals surface area (Å²) >= 11 is 0. The van der Waals surface area contributed by atoms with E-state index >= 15 is 0 Å². The van der Waals surface area contributed by atoms with Crippen molar-refractivity contribution in [2.24, 2.45) is 11.3 Å². The van der Waals surface area contributed by atoms with Gasteiger partial charge < -0.3 is 24.3 Å². The van der Waals surface area contributed by atoms with Crippen LogP contribution in [0.15, 0.2) is 60.0 Å². The van der Waals surface area contributed by atoms with Crippen LogP contribution >= 0.6 is 0 Å². The van der Waals surface area contributed by atoms with E-state index in [2.05, 4.69) is 53.6 Å². The quantitative estimate of drug-likeness (QED) is 0.336. The summed E-state index contributed by atoms with van der Waals surface area (Å²) in [7, 11) is 1.69. The molecule has 3 fully saturated rings. The maximum atomic E-state index is 7.49. The number of benzene rings is 1. The Morgan fingerprint density at radius 2 is 1.88 bits per heavy atom. The molecule has 2 saturated carbocycles. The molecule has 2 aromatic rings. The molecule has 2 spiro atoms. The minimum absolute atomic E-state index is 0.0890. The van der Waals surface area contributed by atoms with Gasteiger partial charge in [0.25, 0.3) is 0 Å². The van der Waals surface area contributed by atoms with Crippen LogP contribution in [0.1, 0.15) is 69.8 Å². The zero-order valence-corrected chi connectivity index (χ0v) is 24.8. The van der Waals surface area contributed by atoms with Crippen molar-refractivity contribution in [3.63, 3.8) is 0 Å². The van der Waals surface area contributed by atoms with E-state index in [1.54, 1.807) is 12.7 Å². The third kappa shape index (κ3) is 4.80. The number of nitrogens with zero attached hydrogens (tertiary/aromatic N) is 1.